The van der Waals surface area contributed by atoms with Crippen molar-refractivity contribution in [3.8, 4) is 0 Å². The minimum Gasteiger partial charge on any atom is -0.294 e. The van der Waals surface area contributed by atoms with Crippen LogP contribution < -0.4 is 0 Å². The first-order chi connectivity index (χ1) is 15.2. The van der Waals surface area contributed by atoms with Crippen LogP contribution >= 0.6 is 0 Å². The van der Waals surface area contributed by atoms with Gasteiger partial charge in [0.15, 0.2) is 11.6 Å². The second-order valence-corrected chi connectivity index (χ2v) is 8.92. The summed E-state index contributed by atoms with van der Waals surface area (Å²) < 4.78 is 0. The average molecular weight is 405 g/mol. The first-order valence-corrected chi connectivity index (χ1v) is 11.3. The van der Waals surface area contributed by atoms with E-state index in [1.54, 1.807) is 0 Å². The molecular formula is C29H24O2. The smallest absolute Gasteiger partial charge is 0.163 e. The van der Waals surface area contributed by atoms with E-state index in [1.165, 1.54) is 33.0 Å². The molecule has 0 bridgehead atoms. The number of rotatable bonds is 6. The summed E-state index contributed by atoms with van der Waals surface area (Å²) in [5.41, 5.74) is 7.02. The maximum atomic E-state index is 13.0. The zero-order valence-corrected chi connectivity index (χ0v) is 17.5. The number of carbonyl (C=O) groups is 2. The molecule has 6 rings (SSSR count). The van der Waals surface area contributed by atoms with Gasteiger partial charge in [0.2, 0.25) is 0 Å². The third kappa shape index (κ3) is 2.93. The molecule has 4 aromatic rings. The van der Waals surface area contributed by atoms with E-state index in [-0.39, 0.29) is 11.6 Å². The highest BCUT2D eigenvalue weighted by Gasteiger charge is 2.20. The summed E-state index contributed by atoms with van der Waals surface area (Å²) in [7, 11) is 0. The van der Waals surface area contributed by atoms with Crippen LogP contribution in [0.2, 0.25) is 0 Å². The Balaban J connectivity index is 1.21. The van der Waals surface area contributed by atoms with Crippen molar-refractivity contribution >= 4 is 33.1 Å². The van der Waals surface area contributed by atoms with E-state index in [9.17, 15) is 9.59 Å². The fourth-order valence-corrected chi connectivity index (χ4v) is 5.66. The molecule has 4 aromatic carbocycles. The van der Waals surface area contributed by atoms with Gasteiger partial charge >= 0.3 is 0 Å². The molecule has 0 aromatic heterocycles. The van der Waals surface area contributed by atoms with Gasteiger partial charge in [0.25, 0.3) is 0 Å². The maximum Gasteiger partial charge on any atom is 0.163 e. The Morgan fingerprint density at radius 3 is 1.42 bits per heavy atom. The highest BCUT2D eigenvalue weighted by atomic mass is 16.1. The van der Waals surface area contributed by atoms with E-state index in [0.717, 1.165) is 47.6 Å². The fraction of sp³-hybridized carbons (Fsp3) is 0.241. The second-order valence-electron chi connectivity index (χ2n) is 8.92. The van der Waals surface area contributed by atoms with Crippen molar-refractivity contribution in [2.45, 2.75) is 44.9 Å². The molecule has 0 amide bonds. The van der Waals surface area contributed by atoms with Crippen LogP contribution in [0.5, 0.6) is 0 Å². The highest BCUT2D eigenvalue weighted by molar-refractivity contribution is 6.11. The molecule has 0 fully saturated rings. The van der Waals surface area contributed by atoms with Gasteiger partial charge in [-0.15, -0.1) is 0 Å². The number of ketones is 2. The lowest BCUT2D eigenvalue weighted by molar-refractivity contribution is 0.0959. The summed E-state index contributed by atoms with van der Waals surface area (Å²) in [6.07, 6.45) is 5.65. The van der Waals surface area contributed by atoms with E-state index in [0.29, 0.717) is 19.3 Å². The summed E-state index contributed by atoms with van der Waals surface area (Å²) in [6.45, 7) is 0. The average Bonchev–Trinajstić information content (AvgIpc) is 3.41. The standard InChI is InChI=1S/C29H24O2/c30-26(22-16-14-20-12-10-18-4-1-6-24(22)28(18)20)8-3-9-27(31)23-17-15-21-13-11-19-5-2-7-25(23)29(19)21/h1-2,4-7,14-17H,3,8-13H2. The first kappa shape index (κ1) is 18.5. The van der Waals surface area contributed by atoms with Crippen molar-refractivity contribution < 1.29 is 9.59 Å². The van der Waals surface area contributed by atoms with Gasteiger partial charge in [-0.05, 0) is 75.9 Å². The van der Waals surface area contributed by atoms with Crippen molar-refractivity contribution in [3.05, 3.63) is 94.0 Å². The SMILES string of the molecule is O=C(CCCC(=O)c1ccc2c3c(cccc13)CC2)c1ccc2c3c(cccc13)CC2. The second kappa shape index (κ2) is 7.16. The quantitative estimate of drug-likeness (QED) is 0.347. The van der Waals surface area contributed by atoms with Gasteiger partial charge in [0, 0.05) is 24.0 Å². The van der Waals surface area contributed by atoms with E-state index in [4.69, 9.17) is 0 Å². The van der Waals surface area contributed by atoms with Gasteiger partial charge in [-0.25, -0.2) is 0 Å². The minimum absolute atomic E-state index is 0.142. The third-order valence-corrected chi connectivity index (χ3v) is 7.16. The Morgan fingerprint density at radius 1 is 0.548 bits per heavy atom. The number of benzene rings is 4. The van der Waals surface area contributed by atoms with Crippen molar-refractivity contribution in [1.29, 1.82) is 0 Å². The number of carbonyl (C=O) groups excluding carboxylic acids is 2. The molecule has 2 aliphatic carbocycles. The molecule has 2 nitrogen and oxygen atoms in total. The monoisotopic (exact) mass is 404 g/mol. The molecule has 0 spiro atoms. The van der Waals surface area contributed by atoms with Crippen LogP contribution in [0, 0.1) is 0 Å². The molecule has 0 unspecified atom stereocenters. The Hall–Kier alpha value is -3.26. The molecule has 0 radical (unpaired) electrons. The van der Waals surface area contributed by atoms with Crippen LogP contribution in [0.4, 0.5) is 0 Å². The number of hydrogen-bond acceptors (Lipinski definition) is 2. The van der Waals surface area contributed by atoms with Crippen LogP contribution in [0.1, 0.15) is 62.2 Å². The predicted octanol–water partition coefficient (Wildman–Crippen LogP) is 6.43. The zero-order valence-electron chi connectivity index (χ0n) is 17.5. The molecule has 0 N–H and O–H groups in total. The Kier molecular flexibility index (Phi) is 4.27. The van der Waals surface area contributed by atoms with E-state index < -0.39 is 0 Å². The van der Waals surface area contributed by atoms with Gasteiger partial charge in [-0.1, -0.05) is 60.7 Å². The summed E-state index contributed by atoms with van der Waals surface area (Å²) in [4.78, 5) is 26.0. The Labute approximate surface area is 181 Å². The van der Waals surface area contributed by atoms with Crippen molar-refractivity contribution in [2.75, 3.05) is 0 Å². The summed E-state index contributed by atoms with van der Waals surface area (Å²) in [6, 6.07) is 20.8. The number of aryl methyl sites for hydroxylation is 4. The topological polar surface area (TPSA) is 34.1 Å². The fourth-order valence-electron chi connectivity index (χ4n) is 5.66. The van der Waals surface area contributed by atoms with Crippen molar-refractivity contribution in [3.63, 3.8) is 0 Å². The number of hydrogen-bond donors (Lipinski definition) is 0. The third-order valence-electron chi connectivity index (χ3n) is 7.16. The molecule has 0 atom stereocenters. The van der Waals surface area contributed by atoms with Crippen LogP contribution in [0.15, 0.2) is 60.7 Å². The zero-order chi connectivity index (χ0) is 20.9. The van der Waals surface area contributed by atoms with Gasteiger partial charge in [0.05, 0.1) is 0 Å². The largest absolute Gasteiger partial charge is 0.294 e. The van der Waals surface area contributed by atoms with Crippen LogP contribution in [-0.4, -0.2) is 11.6 Å². The van der Waals surface area contributed by atoms with Crippen LogP contribution in [0.3, 0.4) is 0 Å². The highest BCUT2D eigenvalue weighted by Crippen LogP contribution is 2.35. The maximum absolute atomic E-state index is 13.0. The first-order valence-electron chi connectivity index (χ1n) is 11.3. The molecule has 0 aliphatic heterocycles. The Morgan fingerprint density at radius 2 is 0.968 bits per heavy atom. The molecule has 0 heterocycles. The van der Waals surface area contributed by atoms with E-state index in [1.807, 2.05) is 12.1 Å². The van der Waals surface area contributed by atoms with Gasteiger partial charge in [-0.2, -0.15) is 0 Å². The van der Waals surface area contributed by atoms with Gasteiger partial charge < -0.3 is 0 Å². The lowest BCUT2D eigenvalue weighted by Crippen LogP contribution is -2.05. The molecule has 0 saturated heterocycles. The van der Waals surface area contributed by atoms with E-state index in [2.05, 4.69) is 48.5 Å². The summed E-state index contributed by atoms with van der Waals surface area (Å²) in [5.74, 6) is 0.285. The van der Waals surface area contributed by atoms with Crippen LogP contribution in [-0.2, 0) is 25.7 Å². The molecule has 2 aliphatic rings. The molecular weight excluding hydrogens is 380 g/mol. The Bertz CT molecular complexity index is 1270. The van der Waals surface area contributed by atoms with Gasteiger partial charge in [-0.3, -0.25) is 9.59 Å². The van der Waals surface area contributed by atoms with Crippen molar-refractivity contribution in [2.24, 2.45) is 0 Å². The van der Waals surface area contributed by atoms with E-state index >= 15 is 0 Å². The molecule has 0 saturated carbocycles. The van der Waals surface area contributed by atoms with Crippen LogP contribution in [0.25, 0.3) is 21.5 Å². The van der Waals surface area contributed by atoms with Gasteiger partial charge in [0.1, 0.15) is 0 Å². The summed E-state index contributed by atoms with van der Waals surface area (Å²) in [5, 5.41) is 4.71. The van der Waals surface area contributed by atoms with Crippen molar-refractivity contribution in [1.82, 2.24) is 0 Å². The molecule has 31 heavy (non-hydrogen) atoms. The summed E-state index contributed by atoms with van der Waals surface area (Å²) >= 11 is 0. The minimum atomic E-state index is 0.142. The predicted molar refractivity (Wildman–Crippen MR) is 125 cm³/mol. The molecule has 152 valence electrons. The molecule has 2 heteroatoms. The lowest BCUT2D eigenvalue weighted by atomic mass is 9.93. The lowest BCUT2D eigenvalue weighted by Gasteiger charge is -2.10. The normalized spacial score (nSPS) is 13.9. The number of Topliss-reactive ketones (excluding diaryl/α,β-unsaturated/α-hetero) is 2.